The molecule has 4 rings (SSSR count). The maximum atomic E-state index is 13.0. The van der Waals surface area contributed by atoms with Crippen LogP contribution in [-0.4, -0.2) is 33.4 Å². The molecule has 0 aromatic carbocycles. The van der Waals surface area contributed by atoms with Crippen molar-refractivity contribution in [1.82, 2.24) is 14.8 Å². The first-order valence-corrected chi connectivity index (χ1v) is 10.1. The molecule has 2 saturated carbocycles. The molecule has 1 aromatic rings. The maximum absolute atomic E-state index is 13.0. The molecule has 27 heavy (non-hydrogen) atoms. The molecule has 6 nitrogen and oxygen atoms in total. The van der Waals surface area contributed by atoms with E-state index in [1.165, 1.54) is 30.6 Å². The number of imide groups is 2. The number of nitrogens with zero attached hydrogens (tertiary/aromatic N) is 2. The number of barbiturate groups is 1. The summed E-state index contributed by atoms with van der Waals surface area (Å²) in [6.07, 6.45) is 10.2. The second-order valence-corrected chi connectivity index (χ2v) is 8.07. The number of amides is 4. The van der Waals surface area contributed by atoms with Crippen molar-refractivity contribution in [3.05, 3.63) is 28.6 Å². The lowest BCUT2D eigenvalue weighted by Crippen LogP contribution is -2.57. The van der Waals surface area contributed by atoms with E-state index in [4.69, 9.17) is 0 Å². The summed E-state index contributed by atoms with van der Waals surface area (Å²) in [5.41, 5.74) is 3.18. The summed E-state index contributed by atoms with van der Waals surface area (Å²) in [6.45, 7) is 4.12. The molecule has 1 aromatic heterocycles. The highest BCUT2D eigenvalue weighted by molar-refractivity contribution is 6.31. The number of aromatic nitrogens is 1. The van der Waals surface area contributed by atoms with Crippen LogP contribution in [0, 0.1) is 13.8 Å². The Balaban J connectivity index is 1.68. The number of hydrogen-bond acceptors (Lipinski definition) is 3. The smallest absolute Gasteiger partial charge is 0.331 e. The quantitative estimate of drug-likeness (QED) is 0.653. The zero-order valence-corrected chi connectivity index (χ0v) is 16.1. The fraction of sp³-hybridized carbons (Fsp3) is 0.571. The molecule has 1 saturated heterocycles. The summed E-state index contributed by atoms with van der Waals surface area (Å²) in [4.78, 5) is 38.9. The third kappa shape index (κ3) is 3.11. The van der Waals surface area contributed by atoms with Gasteiger partial charge in [-0.2, -0.15) is 0 Å². The highest BCUT2D eigenvalue weighted by Crippen LogP contribution is 2.34. The second-order valence-electron chi connectivity index (χ2n) is 8.07. The van der Waals surface area contributed by atoms with Gasteiger partial charge in [-0.3, -0.25) is 19.8 Å². The van der Waals surface area contributed by atoms with Gasteiger partial charge in [-0.05, 0) is 57.2 Å². The molecule has 0 bridgehead atoms. The van der Waals surface area contributed by atoms with E-state index in [1.807, 2.05) is 13.0 Å². The van der Waals surface area contributed by atoms with Crippen LogP contribution >= 0.6 is 0 Å². The number of nitrogens with one attached hydrogen (secondary N) is 1. The van der Waals surface area contributed by atoms with E-state index >= 15 is 0 Å². The van der Waals surface area contributed by atoms with Crippen LogP contribution < -0.4 is 5.32 Å². The monoisotopic (exact) mass is 369 g/mol. The van der Waals surface area contributed by atoms with Crippen molar-refractivity contribution in [2.24, 2.45) is 0 Å². The van der Waals surface area contributed by atoms with E-state index in [1.54, 1.807) is 6.08 Å². The van der Waals surface area contributed by atoms with Crippen LogP contribution in [-0.2, 0) is 9.59 Å². The highest BCUT2D eigenvalue weighted by Gasteiger charge is 2.40. The van der Waals surface area contributed by atoms with Gasteiger partial charge in [0.05, 0.1) is 0 Å². The molecule has 1 N–H and O–H groups in total. The Kier molecular flexibility index (Phi) is 4.66. The average Bonchev–Trinajstić information content (AvgIpc) is 3.34. The van der Waals surface area contributed by atoms with Crippen molar-refractivity contribution in [2.75, 3.05) is 0 Å². The second kappa shape index (κ2) is 6.98. The molecule has 2 aliphatic carbocycles. The fourth-order valence-electron chi connectivity index (χ4n) is 4.99. The van der Waals surface area contributed by atoms with E-state index in [-0.39, 0.29) is 11.6 Å². The van der Waals surface area contributed by atoms with Crippen molar-refractivity contribution in [1.29, 1.82) is 0 Å². The van der Waals surface area contributed by atoms with Crippen molar-refractivity contribution in [3.8, 4) is 0 Å². The van der Waals surface area contributed by atoms with Crippen LogP contribution in [0.5, 0.6) is 0 Å². The molecule has 0 spiro atoms. The van der Waals surface area contributed by atoms with Gasteiger partial charge in [0.2, 0.25) is 0 Å². The molecule has 2 heterocycles. The lowest BCUT2D eigenvalue weighted by atomic mass is 10.1. The van der Waals surface area contributed by atoms with E-state index in [2.05, 4.69) is 16.8 Å². The van der Waals surface area contributed by atoms with Crippen LogP contribution in [0.1, 0.15) is 74.4 Å². The van der Waals surface area contributed by atoms with E-state index < -0.39 is 17.8 Å². The molecule has 0 atom stereocenters. The largest absolute Gasteiger partial charge is 0.346 e. The van der Waals surface area contributed by atoms with Crippen molar-refractivity contribution < 1.29 is 14.4 Å². The Morgan fingerprint density at radius 3 is 2.19 bits per heavy atom. The summed E-state index contributed by atoms with van der Waals surface area (Å²) in [7, 11) is 0. The van der Waals surface area contributed by atoms with E-state index in [0.717, 1.165) is 42.6 Å². The van der Waals surface area contributed by atoms with Crippen LogP contribution in [0.2, 0.25) is 0 Å². The molecule has 3 aliphatic rings. The maximum Gasteiger partial charge on any atom is 0.331 e. The molecule has 4 amide bonds. The SMILES string of the molecule is Cc1cc(/C=C2/C(=O)NC(=O)N(C3CCCC3)C2=O)c(C)n1C1CCCC1. The number of aryl methyl sites for hydroxylation is 1. The zero-order valence-electron chi connectivity index (χ0n) is 16.1. The van der Waals surface area contributed by atoms with Gasteiger partial charge >= 0.3 is 6.03 Å². The van der Waals surface area contributed by atoms with Gasteiger partial charge in [-0.1, -0.05) is 25.7 Å². The summed E-state index contributed by atoms with van der Waals surface area (Å²) in [5.74, 6) is -1.05. The molecule has 144 valence electrons. The van der Waals surface area contributed by atoms with Gasteiger partial charge in [0.1, 0.15) is 5.57 Å². The number of rotatable bonds is 3. The van der Waals surface area contributed by atoms with Crippen LogP contribution in [0.4, 0.5) is 4.79 Å². The number of hydrogen-bond donors (Lipinski definition) is 1. The van der Waals surface area contributed by atoms with Crippen LogP contribution in [0.15, 0.2) is 11.6 Å². The first kappa shape index (κ1) is 18.0. The lowest BCUT2D eigenvalue weighted by molar-refractivity contribution is -0.131. The molecule has 3 fully saturated rings. The van der Waals surface area contributed by atoms with Crippen molar-refractivity contribution >= 4 is 23.9 Å². The predicted octanol–water partition coefficient (Wildman–Crippen LogP) is 3.62. The number of carbonyl (C=O) groups is 3. The van der Waals surface area contributed by atoms with Crippen molar-refractivity contribution in [2.45, 2.75) is 77.3 Å². The molecule has 6 heteroatoms. The minimum absolute atomic E-state index is 0.0631. The van der Waals surface area contributed by atoms with Crippen molar-refractivity contribution in [3.63, 3.8) is 0 Å². The summed E-state index contributed by atoms with van der Waals surface area (Å²) in [6, 6.07) is 1.87. The standard InChI is InChI=1S/C21H27N3O3/c1-13-11-15(14(2)23(13)16-7-3-4-8-16)12-18-19(25)22-21(27)24(20(18)26)17-9-5-6-10-17/h11-12,16-17H,3-10H2,1-2H3,(H,22,25,27)/b18-12-. The number of urea groups is 1. The summed E-state index contributed by atoms with van der Waals surface area (Å²) in [5, 5.41) is 2.36. The third-order valence-electron chi connectivity index (χ3n) is 6.34. The minimum Gasteiger partial charge on any atom is -0.346 e. The predicted molar refractivity (Wildman–Crippen MR) is 102 cm³/mol. The van der Waals surface area contributed by atoms with Gasteiger partial charge < -0.3 is 4.57 Å². The first-order valence-electron chi connectivity index (χ1n) is 10.1. The molecule has 1 aliphatic heterocycles. The third-order valence-corrected chi connectivity index (χ3v) is 6.34. The first-order chi connectivity index (χ1) is 13.0. The fourth-order valence-corrected chi connectivity index (χ4v) is 4.99. The topological polar surface area (TPSA) is 71.4 Å². The Morgan fingerprint density at radius 2 is 1.56 bits per heavy atom. The van der Waals surface area contributed by atoms with Gasteiger partial charge in [0.25, 0.3) is 11.8 Å². The van der Waals surface area contributed by atoms with Gasteiger partial charge in [-0.15, -0.1) is 0 Å². The highest BCUT2D eigenvalue weighted by atomic mass is 16.2. The van der Waals surface area contributed by atoms with Gasteiger partial charge in [0.15, 0.2) is 0 Å². The average molecular weight is 369 g/mol. The summed E-state index contributed by atoms with van der Waals surface area (Å²) < 4.78 is 2.34. The molecule has 0 radical (unpaired) electrons. The Hall–Kier alpha value is -2.37. The normalized spacial score (nSPS) is 23.7. The minimum atomic E-state index is -0.593. The molecule has 0 unspecified atom stereocenters. The Labute approximate surface area is 159 Å². The Morgan fingerprint density at radius 1 is 0.963 bits per heavy atom. The summed E-state index contributed by atoms with van der Waals surface area (Å²) >= 11 is 0. The van der Waals surface area contributed by atoms with Gasteiger partial charge in [0, 0.05) is 23.5 Å². The Bertz CT molecular complexity index is 824. The van der Waals surface area contributed by atoms with E-state index in [9.17, 15) is 14.4 Å². The number of carbonyl (C=O) groups excluding carboxylic acids is 3. The van der Waals surface area contributed by atoms with Gasteiger partial charge in [-0.25, -0.2) is 4.79 Å². The molecular formula is C21H27N3O3. The van der Waals surface area contributed by atoms with E-state index in [0.29, 0.717) is 6.04 Å². The van der Waals surface area contributed by atoms with Crippen LogP contribution in [0.25, 0.3) is 6.08 Å². The zero-order chi connectivity index (χ0) is 19.1. The van der Waals surface area contributed by atoms with Crippen LogP contribution in [0.3, 0.4) is 0 Å². The molecular weight excluding hydrogens is 342 g/mol. The lowest BCUT2D eigenvalue weighted by Gasteiger charge is -2.31.